The summed E-state index contributed by atoms with van der Waals surface area (Å²) in [5, 5.41) is 10.3. The van der Waals surface area contributed by atoms with Gasteiger partial charge in [0.05, 0.1) is 12.2 Å². The topological polar surface area (TPSA) is 41.9 Å². The largest absolute Gasteiger partial charge is 0.491 e. The average molecular weight is 321 g/mol. The lowest BCUT2D eigenvalue weighted by atomic mass is 9.86. The molecular formula is C19H31NO3. The summed E-state index contributed by atoms with van der Waals surface area (Å²) >= 11 is 0. The molecular weight excluding hydrogens is 290 g/mol. The second kappa shape index (κ2) is 7.65. The molecule has 0 aliphatic carbocycles. The number of hydrogen-bond acceptors (Lipinski definition) is 4. The molecule has 23 heavy (non-hydrogen) atoms. The molecule has 0 spiro atoms. The van der Waals surface area contributed by atoms with Crippen molar-refractivity contribution in [1.82, 2.24) is 4.90 Å². The Morgan fingerprint density at radius 1 is 1.22 bits per heavy atom. The third-order valence-electron chi connectivity index (χ3n) is 4.09. The van der Waals surface area contributed by atoms with Gasteiger partial charge in [0.1, 0.15) is 18.5 Å². The van der Waals surface area contributed by atoms with E-state index in [9.17, 15) is 5.11 Å². The van der Waals surface area contributed by atoms with E-state index in [2.05, 4.69) is 45.6 Å². The van der Waals surface area contributed by atoms with Gasteiger partial charge in [-0.1, -0.05) is 39.0 Å². The zero-order valence-corrected chi connectivity index (χ0v) is 15.1. The highest BCUT2D eigenvalue weighted by atomic mass is 16.5. The molecule has 1 fully saturated rings. The minimum absolute atomic E-state index is 0.0244. The fourth-order valence-electron chi connectivity index (χ4n) is 3.18. The molecule has 4 nitrogen and oxygen atoms in total. The number of aliphatic hydroxyl groups excluding tert-OH is 1. The molecule has 1 aliphatic rings. The average Bonchev–Trinajstić information content (AvgIpc) is 2.43. The molecule has 1 heterocycles. The van der Waals surface area contributed by atoms with Gasteiger partial charge < -0.3 is 14.6 Å². The lowest BCUT2D eigenvalue weighted by molar-refractivity contribution is -0.0787. The van der Waals surface area contributed by atoms with Crippen molar-refractivity contribution in [3.05, 3.63) is 29.8 Å². The van der Waals surface area contributed by atoms with E-state index in [0.29, 0.717) is 13.2 Å². The highest BCUT2D eigenvalue weighted by Crippen LogP contribution is 2.31. The molecule has 2 rings (SSSR count). The summed E-state index contributed by atoms with van der Waals surface area (Å²) in [6.45, 7) is 13.3. The van der Waals surface area contributed by atoms with E-state index >= 15 is 0 Å². The summed E-state index contributed by atoms with van der Waals surface area (Å²) in [7, 11) is 0. The number of morpholine rings is 1. The van der Waals surface area contributed by atoms with Crippen LogP contribution in [0.3, 0.4) is 0 Å². The Balaban J connectivity index is 1.89. The molecule has 1 aliphatic heterocycles. The van der Waals surface area contributed by atoms with Gasteiger partial charge in [-0.2, -0.15) is 0 Å². The van der Waals surface area contributed by atoms with Gasteiger partial charge >= 0.3 is 0 Å². The fraction of sp³-hybridized carbons (Fsp3) is 0.684. The smallest absolute Gasteiger partial charge is 0.123 e. The van der Waals surface area contributed by atoms with Crippen molar-refractivity contribution in [1.29, 1.82) is 0 Å². The van der Waals surface area contributed by atoms with Crippen LogP contribution >= 0.6 is 0 Å². The molecule has 1 saturated heterocycles. The van der Waals surface area contributed by atoms with Crippen LogP contribution in [0.4, 0.5) is 0 Å². The number of ether oxygens (including phenoxy) is 2. The lowest BCUT2D eigenvalue weighted by Crippen LogP contribution is -2.48. The monoisotopic (exact) mass is 321 g/mol. The molecule has 1 aromatic carbocycles. The SMILES string of the molecule is C[C@@H]1CN(C[C@@H](O)COc2ccccc2C(C)(C)C)C[C@@H](C)O1. The summed E-state index contributed by atoms with van der Waals surface area (Å²) < 4.78 is 11.6. The van der Waals surface area contributed by atoms with E-state index in [0.717, 1.165) is 18.8 Å². The number of para-hydroxylation sites is 1. The van der Waals surface area contributed by atoms with Gasteiger partial charge in [0.2, 0.25) is 0 Å². The predicted octanol–water partition coefficient (Wildman–Crippen LogP) is 2.83. The van der Waals surface area contributed by atoms with Gasteiger partial charge in [-0.15, -0.1) is 0 Å². The highest BCUT2D eigenvalue weighted by Gasteiger charge is 2.24. The Hall–Kier alpha value is -1.10. The van der Waals surface area contributed by atoms with Crippen LogP contribution in [-0.2, 0) is 10.2 Å². The number of hydrogen-bond donors (Lipinski definition) is 1. The maximum absolute atomic E-state index is 10.3. The molecule has 0 radical (unpaired) electrons. The Morgan fingerprint density at radius 3 is 2.43 bits per heavy atom. The van der Waals surface area contributed by atoms with Crippen LogP contribution in [-0.4, -0.2) is 54.6 Å². The van der Waals surface area contributed by atoms with E-state index in [4.69, 9.17) is 9.47 Å². The zero-order valence-electron chi connectivity index (χ0n) is 15.1. The van der Waals surface area contributed by atoms with Crippen LogP contribution in [0.2, 0.25) is 0 Å². The third-order valence-corrected chi connectivity index (χ3v) is 4.09. The van der Waals surface area contributed by atoms with E-state index < -0.39 is 6.10 Å². The number of rotatable bonds is 5. The molecule has 0 amide bonds. The minimum Gasteiger partial charge on any atom is -0.491 e. The van der Waals surface area contributed by atoms with Gasteiger partial charge in [0, 0.05) is 19.6 Å². The van der Waals surface area contributed by atoms with Crippen LogP contribution in [0.15, 0.2) is 24.3 Å². The Kier molecular flexibility index (Phi) is 6.06. The van der Waals surface area contributed by atoms with Crippen molar-refractivity contribution in [3.63, 3.8) is 0 Å². The maximum Gasteiger partial charge on any atom is 0.123 e. The van der Waals surface area contributed by atoms with Crippen molar-refractivity contribution >= 4 is 0 Å². The quantitative estimate of drug-likeness (QED) is 0.905. The molecule has 0 unspecified atom stereocenters. The van der Waals surface area contributed by atoms with Crippen LogP contribution in [0.5, 0.6) is 5.75 Å². The van der Waals surface area contributed by atoms with Crippen LogP contribution < -0.4 is 4.74 Å². The van der Waals surface area contributed by atoms with E-state index in [1.165, 1.54) is 5.56 Å². The summed E-state index contributed by atoms with van der Waals surface area (Å²) in [5.74, 6) is 0.864. The summed E-state index contributed by atoms with van der Waals surface area (Å²) in [5.41, 5.74) is 1.19. The number of nitrogens with zero attached hydrogens (tertiary/aromatic N) is 1. The van der Waals surface area contributed by atoms with E-state index in [1.807, 2.05) is 18.2 Å². The van der Waals surface area contributed by atoms with Crippen LogP contribution in [0.25, 0.3) is 0 Å². The summed E-state index contributed by atoms with van der Waals surface area (Å²) in [6.07, 6.45) is -0.0671. The summed E-state index contributed by atoms with van der Waals surface area (Å²) in [4.78, 5) is 2.25. The molecule has 130 valence electrons. The van der Waals surface area contributed by atoms with E-state index in [-0.39, 0.29) is 17.6 Å². The second-order valence-electron chi connectivity index (χ2n) is 7.69. The molecule has 0 bridgehead atoms. The molecule has 4 heteroatoms. The number of benzene rings is 1. The van der Waals surface area contributed by atoms with Gasteiger partial charge in [0.15, 0.2) is 0 Å². The molecule has 1 N–H and O–H groups in total. The van der Waals surface area contributed by atoms with Crippen molar-refractivity contribution in [2.24, 2.45) is 0 Å². The first-order chi connectivity index (χ1) is 10.8. The standard InChI is InChI=1S/C19H31NO3/c1-14-10-20(11-15(2)23-14)12-16(21)13-22-18-9-7-6-8-17(18)19(3,4)5/h6-9,14-16,21H,10-13H2,1-5H3/t14-,15-,16-/m1/s1. The molecule has 3 atom stereocenters. The lowest BCUT2D eigenvalue weighted by Gasteiger charge is -2.36. The third kappa shape index (κ3) is 5.48. The second-order valence-corrected chi connectivity index (χ2v) is 7.69. The van der Waals surface area contributed by atoms with Crippen molar-refractivity contribution in [2.75, 3.05) is 26.2 Å². The molecule has 0 aromatic heterocycles. The van der Waals surface area contributed by atoms with Crippen molar-refractivity contribution in [3.8, 4) is 5.75 Å². The normalized spacial score (nSPS) is 24.4. The maximum atomic E-state index is 10.3. The minimum atomic E-state index is -0.500. The van der Waals surface area contributed by atoms with Crippen LogP contribution in [0.1, 0.15) is 40.2 Å². The van der Waals surface area contributed by atoms with Gasteiger partial charge in [0.25, 0.3) is 0 Å². The molecule has 0 saturated carbocycles. The summed E-state index contributed by atoms with van der Waals surface area (Å²) in [6, 6.07) is 8.07. The predicted molar refractivity (Wildman–Crippen MR) is 93.1 cm³/mol. The van der Waals surface area contributed by atoms with Gasteiger partial charge in [-0.05, 0) is 30.9 Å². The van der Waals surface area contributed by atoms with Crippen LogP contribution in [0, 0.1) is 0 Å². The van der Waals surface area contributed by atoms with E-state index in [1.54, 1.807) is 0 Å². The van der Waals surface area contributed by atoms with Crippen molar-refractivity contribution < 1.29 is 14.6 Å². The molecule has 1 aromatic rings. The number of β-amino-alcohol motifs (C(OH)–C–C–N with tert-alkyl or cyclic N) is 1. The Bertz CT molecular complexity index is 488. The highest BCUT2D eigenvalue weighted by molar-refractivity contribution is 5.38. The zero-order chi connectivity index (χ0) is 17.0. The Morgan fingerprint density at radius 2 is 1.83 bits per heavy atom. The van der Waals surface area contributed by atoms with Crippen molar-refractivity contribution in [2.45, 2.75) is 58.3 Å². The van der Waals surface area contributed by atoms with Gasteiger partial charge in [-0.25, -0.2) is 0 Å². The Labute approximate surface area is 140 Å². The first-order valence-corrected chi connectivity index (χ1v) is 8.54. The fourth-order valence-corrected chi connectivity index (χ4v) is 3.18. The van der Waals surface area contributed by atoms with Gasteiger partial charge in [-0.3, -0.25) is 4.90 Å². The number of aliphatic hydroxyl groups is 1. The first kappa shape index (κ1) is 18.2. The first-order valence-electron chi connectivity index (χ1n) is 8.54.